The highest BCUT2D eigenvalue weighted by Gasteiger charge is 2.28. The highest BCUT2D eigenvalue weighted by Crippen LogP contribution is 2.23. The predicted molar refractivity (Wildman–Crippen MR) is 127 cm³/mol. The highest BCUT2D eigenvalue weighted by molar-refractivity contribution is 7.89. The number of methoxy groups -OCH3 is 1. The normalized spacial score (nSPS) is 16.6. The van der Waals surface area contributed by atoms with E-state index in [-0.39, 0.29) is 10.9 Å². The number of hydrogen-bond donors (Lipinski definition) is 1. The zero-order valence-electron chi connectivity index (χ0n) is 18.7. The van der Waals surface area contributed by atoms with Crippen molar-refractivity contribution < 1.29 is 17.9 Å². The van der Waals surface area contributed by atoms with Gasteiger partial charge in [0.25, 0.3) is 10.0 Å². The summed E-state index contributed by atoms with van der Waals surface area (Å²) in [6, 6.07) is 20.3. The SMILES string of the molecule is COc1ccc(S(=O)(=O)NN2CCCC2CCCOc2ccc(-c3ccccn3)cc2)cc1. The number of sulfonamides is 1. The molecule has 1 aromatic heterocycles. The second-order valence-corrected chi connectivity index (χ2v) is 9.65. The van der Waals surface area contributed by atoms with E-state index in [1.165, 1.54) is 0 Å². The summed E-state index contributed by atoms with van der Waals surface area (Å²) in [4.78, 5) is 7.34. The molecule has 174 valence electrons. The van der Waals surface area contributed by atoms with E-state index >= 15 is 0 Å². The molecule has 1 atom stereocenters. The van der Waals surface area contributed by atoms with Gasteiger partial charge in [-0.3, -0.25) is 4.98 Å². The Labute approximate surface area is 195 Å². The van der Waals surface area contributed by atoms with Crippen LogP contribution in [0.1, 0.15) is 25.7 Å². The molecule has 33 heavy (non-hydrogen) atoms. The third kappa shape index (κ3) is 6.10. The second kappa shape index (κ2) is 10.8. The van der Waals surface area contributed by atoms with E-state index in [9.17, 15) is 8.42 Å². The number of pyridine rings is 1. The summed E-state index contributed by atoms with van der Waals surface area (Å²) >= 11 is 0. The minimum Gasteiger partial charge on any atom is -0.497 e. The summed E-state index contributed by atoms with van der Waals surface area (Å²) < 4.78 is 36.5. The van der Waals surface area contributed by atoms with E-state index < -0.39 is 10.0 Å². The van der Waals surface area contributed by atoms with Gasteiger partial charge in [-0.2, -0.15) is 0 Å². The molecule has 2 aromatic carbocycles. The summed E-state index contributed by atoms with van der Waals surface area (Å²) in [5.74, 6) is 1.44. The van der Waals surface area contributed by atoms with Gasteiger partial charge in [0, 0.05) is 24.3 Å². The van der Waals surface area contributed by atoms with Gasteiger partial charge in [0.2, 0.25) is 0 Å². The maximum Gasteiger partial charge on any atom is 0.253 e. The van der Waals surface area contributed by atoms with Crippen molar-refractivity contribution in [1.82, 2.24) is 14.8 Å². The van der Waals surface area contributed by atoms with Crippen molar-refractivity contribution in [2.24, 2.45) is 0 Å². The van der Waals surface area contributed by atoms with E-state index in [1.807, 2.05) is 47.5 Å². The first-order valence-electron chi connectivity index (χ1n) is 11.1. The molecule has 1 saturated heterocycles. The van der Waals surface area contributed by atoms with E-state index in [0.717, 1.165) is 42.7 Å². The maximum atomic E-state index is 12.8. The number of nitrogens with zero attached hydrogens (tertiary/aromatic N) is 2. The van der Waals surface area contributed by atoms with Crippen LogP contribution in [-0.2, 0) is 10.0 Å². The molecule has 0 bridgehead atoms. The summed E-state index contributed by atoms with van der Waals surface area (Å²) in [7, 11) is -2.07. The number of benzene rings is 2. The first kappa shape index (κ1) is 23.2. The van der Waals surface area contributed by atoms with Crippen molar-refractivity contribution in [2.45, 2.75) is 36.6 Å². The molecule has 1 aliphatic rings. The van der Waals surface area contributed by atoms with E-state index in [4.69, 9.17) is 9.47 Å². The van der Waals surface area contributed by atoms with Gasteiger partial charge in [0.05, 0.1) is 24.3 Å². The Kier molecular flexibility index (Phi) is 7.59. The smallest absolute Gasteiger partial charge is 0.253 e. The lowest BCUT2D eigenvalue weighted by atomic mass is 10.1. The van der Waals surface area contributed by atoms with Gasteiger partial charge >= 0.3 is 0 Å². The third-order valence-electron chi connectivity index (χ3n) is 5.75. The number of rotatable bonds is 10. The number of ether oxygens (including phenoxy) is 2. The van der Waals surface area contributed by atoms with Crippen molar-refractivity contribution in [2.75, 3.05) is 20.3 Å². The average molecular weight is 468 g/mol. The van der Waals surface area contributed by atoms with Crippen molar-refractivity contribution in [3.63, 3.8) is 0 Å². The zero-order valence-corrected chi connectivity index (χ0v) is 19.5. The van der Waals surface area contributed by atoms with Gasteiger partial charge in [-0.25, -0.2) is 13.4 Å². The van der Waals surface area contributed by atoms with Crippen molar-refractivity contribution in [1.29, 1.82) is 0 Å². The fourth-order valence-electron chi connectivity index (χ4n) is 3.98. The number of aromatic nitrogens is 1. The van der Waals surface area contributed by atoms with Crippen LogP contribution in [-0.4, -0.2) is 44.7 Å². The maximum absolute atomic E-state index is 12.8. The molecule has 0 saturated carbocycles. The molecule has 0 amide bonds. The lowest BCUT2D eigenvalue weighted by Crippen LogP contribution is -2.45. The lowest BCUT2D eigenvalue weighted by Gasteiger charge is -2.25. The number of nitrogens with one attached hydrogen (secondary N) is 1. The molecular formula is C25H29N3O4S. The Morgan fingerprint density at radius 3 is 2.48 bits per heavy atom. The van der Waals surface area contributed by atoms with Crippen LogP contribution >= 0.6 is 0 Å². The van der Waals surface area contributed by atoms with Crippen LogP contribution < -0.4 is 14.3 Å². The van der Waals surface area contributed by atoms with Gasteiger partial charge in [0.15, 0.2) is 0 Å². The molecule has 1 fully saturated rings. The van der Waals surface area contributed by atoms with Crippen LogP contribution in [0.5, 0.6) is 11.5 Å². The quantitative estimate of drug-likeness (QED) is 0.449. The van der Waals surface area contributed by atoms with E-state index in [1.54, 1.807) is 37.6 Å². The predicted octanol–water partition coefficient (Wildman–Crippen LogP) is 4.27. The fourth-order valence-corrected chi connectivity index (χ4v) is 5.13. The van der Waals surface area contributed by atoms with Crippen molar-refractivity contribution in [3.8, 4) is 22.8 Å². The van der Waals surface area contributed by atoms with Gasteiger partial charge in [0.1, 0.15) is 11.5 Å². The molecular weight excluding hydrogens is 438 g/mol. The number of hydrazine groups is 1. The Bertz CT molecular complexity index is 1120. The van der Waals surface area contributed by atoms with Crippen LogP contribution in [0.2, 0.25) is 0 Å². The van der Waals surface area contributed by atoms with Gasteiger partial charge in [-0.1, -0.05) is 6.07 Å². The zero-order chi connectivity index (χ0) is 23.1. The van der Waals surface area contributed by atoms with E-state index in [0.29, 0.717) is 18.9 Å². The first-order valence-corrected chi connectivity index (χ1v) is 12.6. The summed E-state index contributed by atoms with van der Waals surface area (Å²) in [6.45, 7) is 1.29. The molecule has 8 heteroatoms. The lowest BCUT2D eigenvalue weighted by molar-refractivity contribution is 0.197. The minimum absolute atomic E-state index is 0.160. The van der Waals surface area contributed by atoms with Crippen LogP contribution in [0.4, 0.5) is 0 Å². The first-order chi connectivity index (χ1) is 16.0. The van der Waals surface area contributed by atoms with Crippen LogP contribution in [0.25, 0.3) is 11.3 Å². The molecule has 7 nitrogen and oxygen atoms in total. The molecule has 3 aromatic rings. The topological polar surface area (TPSA) is 80.8 Å². The van der Waals surface area contributed by atoms with Crippen LogP contribution in [0.3, 0.4) is 0 Å². The Balaban J connectivity index is 1.25. The molecule has 0 aliphatic carbocycles. The molecule has 1 N–H and O–H groups in total. The fraction of sp³-hybridized carbons (Fsp3) is 0.320. The van der Waals surface area contributed by atoms with Crippen molar-refractivity contribution >= 4 is 10.0 Å². The van der Waals surface area contributed by atoms with Gasteiger partial charge in [-0.15, -0.1) is 4.83 Å². The largest absolute Gasteiger partial charge is 0.497 e. The monoisotopic (exact) mass is 467 g/mol. The van der Waals surface area contributed by atoms with Crippen LogP contribution in [0, 0.1) is 0 Å². The molecule has 2 heterocycles. The molecule has 1 aliphatic heterocycles. The standard InChI is InChI=1S/C25H29N3O4S/c1-31-22-13-15-24(16-14-22)33(29,30)27-28-18-4-6-21(28)7-5-19-32-23-11-9-20(10-12-23)25-8-2-3-17-26-25/h2-3,8-17,21,27H,4-7,18-19H2,1H3. The molecule has 4 rings (SSSR count). The summed E-state index contributed by atoms with van der Waals surface area (Å²) in [6.07, 6.45) is 5.41. The number of hydrogen-bond acceptors (Lipinski definition) is 6. The van der Waals surface area contributed by atoms with Crippen molar-refractivity contribution in [3.05, 3.63) is 72.9 Å². The second-order valence-electron chi connectivity index (χ2n) is 7.99. The molecule has 0 radical (unpaired) electrons. The molecule has 0 spiro atoms. The third-order valence-corrected chi connectivity index (χ3v) is 7.12. The summed E-state index contributed by atoms with van der Waals surface area (Å²) in [5.41, 5.74) is 1.98. The summed E-state index contributed by atoms with van der Waals surface area (Å²) in [5, 5.41) is 1.85. The van der Waals surface area contributed by atoms with Crippen LogP contribution in [0.15, 0.2) is 77.8 Å². The van der Waals surface area contributed by atoms with Gasteiger partial charge in [-0.05, 0) is 86.3 Å². The average Bonchev–Trinajstić information content (AvgIpc) is 3.29. The minimum atomic E-state index is -3.62. The highest BCUT2D eigenvalue weighted by atomic mass is 32.2. The Morgan fingerprint density at radius 1 is 1.03 bits per heavy atom. The van der Waals surface area contributed by atoms with Gasteiger partial charge < -0.3 is 9.47 Å². The molecule has 1 unspecified atom stereocenters. The Morgan fingerprint density at radius 2 is 1.79 bits per heavy atom. The Hall–Kier alpha value is -2.94. The van der Waals surface area contributed by atoms with E-state index in [2.05, 4.69) is 9.82 Å².